The molecule has 1 fully saturated rings. The highest BCUT2D eigenvalue weighted by Crippen LogP contribution is 2.29. The largest absolute Gasteiger partial charge is 0.324 e. The minimum absolute atomic E-state index is 0.0505. The van der Waals surface area contributed by atoms with Crippen LogP contribution < -0.4 is 5.32 Å². The first-order valence-corrected chi connectivity index (χ1v) is 8.74. The minimum atomic E-state index is -0.0505. The van der Waals surface area contributed by atoms with Crippen LogP contribution in [0, 0.1) is 5.92 Å². The Labute approximate surface area is 143 Å². The maximum absolute atomic E-state index is 12.1. The number of halogens is 2. The van der Waals surface area contributed by atoms with Crippen LogP contribution >= 0.6 is 23.2 Å². The number of hydrogen-bond donors (Lipinski definition) is 1. The van der Waals surface area contributed by atoms with Crippen molar-refractivity contribution in [2.75, 3.05) is 25.5 Å². The molecule has 1 N–H and O–H groups in total. The first kappa shape index (κ1) is 17.6. The zero-order valence-electron chi connectivity index (χ0n) is 13.1. The van der Waals surface area contributed by atoms with Gasteiger partial charge in [-0.15, -0.1) is 0 Å². The molecule has 5 heteroatoms. The van der Waals surface area contributed by atoms with E-state index in [1.165, 1.54) is 32.1 Å². The van der Waals surface area contributed by atoms with E-state index in [0.717, 1.165) is 19.0 Å². The molecule has 1 aliphatic rings. The van der Waals surface area contributed by atoms with E-state index in [9.17, 15) is 4.79 Å². The van der Waals surface area contributed by atoms with Crippen LogP contribution in [0.3, 0.4) is 0 Å². The highest BCUT2D eigenvalue weighted by Gasteiger charge is 2.16. The average molecular weight is 343 g/mol. The van der Waals surface area contributed by atoms with Crippen molar-refractivity contribution in [3.8, 4) is 0 Å². The van der Waals surface area contributed by atoms with E-state index in [4.69, 9.17) is 23.2 Å². The van der Waals surface area contributed by atoms with Gasteiger partial charge in [0.1, 0.15) is 0 Å². The molecule has 0 atom stereocenters. The topological polar surface area (TPSA) is 32.3 Å². The third kappa shape index (κ3) is 5.45. The van der Waals surface area contributed by atoms with Gasteiger partial charge < -0.3 is 10.2 Å². The van der Waals surface area contributed by atoms with Crippen LogP contribution in [0.15, 0.2) is 18.2 Å². The van der Waals surface area contributed by atoms with Gasteiger partial charge in [-0.2, -0.15) is 0 Å². The standard InChI is InChI=1S/C17H24Cl2N2O/c1-21(12-13-6-3-2-4-7-13)11-10-16(22)20-17-14(18)8-5-9-15(17)19/h5,8-9,13H,2-4,6-7,10-12H2,1H3,(H,20,22). The van der Waals surface area contributed by atoms with Crippen molar-refractivity contribution >= 4 is 34.8 Å². The van der Waals surface area contributed by atoms with Crippen molar-refractivity contribution in [3.05, 3.63) is 28.2 Å². The fraction of sp³-hybridized carbons (Fsp3) is 0.588. The van der Waals surface area contributed by atoms with E-state index in [0.29, 0.717) is 22.2 Å². The molecule has 0 aromatic heterocycles. The third-order valence-corrected chi connectivity index (χ3v) is 4.87. The zero-order valence-corrected chi connectivity index (χ0v) is 14.6. The maximum atomic E-state index is 12.1. The Morgan fingerprint density at radius 1 is 1.23 bits per heavy atom. The molecular formula is C17H24Cl2N2O. The Morgan fingerprint density at radius 2 is 1.86 bits per heavy atom. The van der Waals surface area contributed by atoms with Crippen molar-refractivity contribution in [2.24, 2.45) is 5.92 Å². The van der Waals surface area contributed by atoms with Crippen molar-refractivity contribution in [1.82, 2.24) is 4.90 Å². The molecule has 1 aliphatic carbocycles. The summed E-state index contributed by atoms with van der Waals surface area (Å²) >= 11 is 12.1. The number of nitrogens with zero attached hydrogens (tertiary/aromatic N) is 1. The lowest BCUT2D eigenvalue weighted by molar-refractivity contribution is -0.116. The summed E-state index contributed by atoms with van der Waals surface area (Å²) in [4.78, 5) is 14.3. The first-order chi connectivity index (χ1) is 10.6. The summed E-state index contributed by atoms with van der Waals surface area (Å²) in [5.41, 5.74) is 0.505. The number of rotatable bonds is 6. The maximum Gasteiger partial charge on any atom is 0.225 e. The molecule has 1 aromatic rings. The summed E-state index contributed by atoms with van der Waals surface area (Å²) in [5, 5.41) is 3.75. The fourth-order valence-corrected chi connectivity index (χ4v) is 3.51. The SMILES string of the molecule is CN(CCC(=O)Nc1c(Cl)cccc1Cl)CC1CCCCC1. The van der Waals surface area contributed by atoms with Crippen molar-refractivity contribution in [2.45, 2.75) is 38.5 Å². The van der Waals surface area contributed by atoms with Crippen LogP contribution in [0.2, 0.25) is 10.0 Å². The van der Waals surface area contributed by atoms with Crippen LogP contribution in [0.1, 0.15) is 38.5 Å². The predicted octanol–water partition coefficient (Wildman–Crippen LogP) is 4.83. The molecule has 1 amide bonds. The van der Waals surface area contributed by atoms with Crippen molar-refractivity contribution < 1.29 is 4.79 Å². The van der Waals surface area contributed by atoms with E-state index in [-0.39, 0.29) is 5.91 Å². The Hall–Kier alpha value is -0.770. The molecule has 2 rings (SSSR count). The Kier molecular flexibility index (Phi) is 7.00. The number of carbonyl (C=O) groups excluding carboxylic acids is 1. The van der Waals surface area contributed by atoms with Gasteiger partial charge in [-0.3, -0.25) is 4.79 Å². The van der Waals surface area contributed by atoms with Crippen molar-refractivity contribution in [3.63, 3.8) is 0 Å². The molecule has 22 heavy (non-hydrogen) atoms. The molecule has 0 unspecified atom stereocenters. The van der Waals surface area contributed by atoms with Gasteiger partial charge in [-0.05, 0) is 37.9 Å². The highest BCUT2D eigenvalue weighted by molar-refractivity contribution is 6.39. The van der Waals surface area contributed by atoms with Gasteiger partial charge in [0.05, 0.1) is 15.7 Å². The van der Waals surface area contributed by atoms with Crippen LogP contribution in [-0.2, 0) is 4.79 Å². The molecule has 1 saturated carbocycles. The Morgan fingerprint density at radius 3 is 2.50 bits per heavy atom. The number of hydrogen-bond acceptors (Lipinski definition) is 2. The third-order valence-electron chi connectivity index (χ3n) is 4.24. The lowest BCUT2D eigenvalue weighted by Gasteiger charge is -2.26. The van der Waals surface area contributed by atoms with Crippen LogP contribution in [-0.4, -0.2) is 30.9 Å². The number of amides is 1. The van der Waals surface area contributed by atoms with Gasteiger partial charge in [-0.1, -0.05) is 48.5 Å². The van der Waals surface area contributed by atoms with Gasteiger partial charge in [-0.25, -0.2) is 0 Å². The molecule has 0 radical (unpaired) electrons. The van der Waals surface area contributed by atoms with Crippen LogP contribution in [0.4, 0.5) is 5.69 Å². The number of nitrogens with one attached hydrogen (secondary N) is 1. The second-order valence-corrected chi connectivity index (χ2v) is 6.98. The number of para-hydroxylation sites is 1. The molecule has 3 nitrogen and oxygen atoms in total. The normalized spacial score (nSPS) is 16.0. The lowest BCUT2D eigenvalue weighted by Crippen LogP contribution is -2.30. The van der Waals surface area contributed by atoms with E-state index in [2.05, 4.69) is 17.3 Å². The smallest absolute Gasteiger partial charge is 0.225 e. The average Bonchev–Trinajstić information content (AvgIpc) is 2.50. The second-order valence-electron chi connectivity index (χ2n) is 6.16. The Bertz CT molecular complexity index is 481. The van der Waals surface area contributed by atoms with E-state index < -0.39 is 0 Å². The second kappa shape index (κ2) is 8.76. The number of anilines is 1. The fourth-order valence-electron chi connectivity index (χ4n) is 3.01. The summed E-state index contributed by atoms with van der Waals surface area (Å²) in [5.74, 6) is 0.741. The van der Waals surface area contributed by atoms with Gasteiger partial charge in [0.25, 0.3) is 0 Å². The quantitative estimate of drug-likeness (QED) is 0.802. The van der Waals surface area contributed by atoms with Crippen molar-refractivity contribution in [1.29, 1.82) is 0 Å². The Balaban J connectivity index is 1.75. The summed E-state index contributed by atoms with van der Waals surface area (Å²) in [6.45, 7) is 1.84. The molecule has 0 saturated heterocycles. The first-order valence-electron chi connectivity index (χ1n) is 7.98. The van der Waals surface area contributed by atoms with Crippen LogP contribution in [0.25, 0.3) is 0 Å². The minimum Gasteiger partial charge on any atom is -0.324 e. The van der Waals surface area contributed by atoms with Gasteiger partial charge >= 0.3 is 0 Å². The van der Waals surface area contributed by atoms with Crippen LogP contribution in [0.5, 0.6) is 0 Å². The molecule has 122 valence electrons. The van der Waals surface area contributed by atoms with Gasteiger partial charge in [0.15, 0.2) is 0 Å². The van der Waals surface area contributed by atoms with E-state index in [1.807, 2.05) is 0 Å². The highest BCUT2D eigenvalue weighted by atomic mass is 35.5. The van der Waals surface area contributed by atoms with Gasteiger partial charge in [0.2, 0.25) is 5.91 Å². The molecule has 0 spiro atoms. The predicted molar refractivity (Wildman–Crippen MR) is 93.8 cm³/mol. The summed E-state index contributed by atoms with van der Waals surface area (Å²) < 4.78 is 0. The molecule has 0 aliphatic heterocycles. The molecule has 0 heterocycles. The summed E-state index contributed by atoms with van der Waals surface area (Å²) in [7, 11) is 2.09. The molecule has 1 aromatic carbocycles. The summed E-state index contributed by atoms with van der Waals surface area (Å²) in [6, 6.07) is 5.20. The monoisotopic (exact) mass is 342 g/mol. The lowest BCUT2D eigenvalue weighted by atomic mass is 9.89. The van der Waals surface area contributed by atoms with Gasteiger partial charge in [0, 0.05) is 19.5 Å². The zero-order chi connectivity index (χ0) is 15.9. The van der Waals surface area contributed by atoms with E-state index >= 15 is 0 Å². The molecule has 0 bridgehead atoms. The number of benzene rings is 1. The number of carbonyl (C=O) groups is 1. The molecular weight excluding hydrogens is 319 g/mol. The summed E-state index contributed by atoms with van der Waals surface area (Å²) in [6.07, 6.45) is 7.18. The van der Waals surface area contributed by atoms with E-state index in [1.54, 1.807) is 18.2 Å².